The van der Waals surface area contributed by atoms with Crippen LogP contribution in [0, 0.1) is 11.3 Å². The predicted molar refractivity (Wildman–Crippen MR) is 117 cm³/mol. The van der Waals surface area contributed by atoms with Crippen molar-refractivity contribution in [2.75, 3.05) is 0 Å². The summed E-state index contributed by atoms with van der Waals surface area (Å²) in [6.45, 7) is 0.660. The number of benzene rings is 3. The largest absolute Gasteiger partial charge is 0.342 e. The average molecular weight is 403 g/mol. The topological polar surface area (TPSA) is 28.7 Å². The van der Waals surface area contributed by atoms with Gasteiger partial charge in [-0.1, -0.05) is 71.7 Å². The zero-order valence-electron chi connectivity index (χ0n) is 14.9. The molecule has 4 heteroatoms. The SMILES string of the molecule is N#C/C(=C\c1cn(Cc2ccccc2Cl)c2ccccc12)c1cccc(Cl)c1. The molecule has 0 saturated carbocycles. The highest BCUT2D eigenvalue weighted by atomic mass is 35.5. The molecule has 0 spiro atoms. The molecule has 0 atom stereocenters. The normalized spacial score (nSPS) is 11.5. The molecular formula is C24H16Cl2N2. The van der Waals surface area contributed by atoms with Gasteiger partial charge in [0, 0.05) is 39.3 Å². The molecule has 0 amide bonds. The van der Waals surface area contributed by atoms with Gasteiger partial charge in [-0.2, -0.15) is 5.26 Å². The van der Waals surface area contributed by atoms with Gasteiger partial charge in [-0.15, -0.1) is 0 Å². The molecule has 28 heavy (non-hydrogen) atoms. The smallest absolute Gasteiger partial charge is 0.0998 e. The Morgan fingerprint density at radius 1 is 0.964 bits per heavy atom. The van der Waals surface area contributed by atoms with Crippen molar-refractivity contribution in [3.05, 3.63) is 106 Å². The van der Waals surface area contributed by atoms with Crippen LogP contribution in [0.4, 0.5) is 0 Å². The van der Waals surface area contributed by atoms with Gasteiger partial charge in [-0.05, 0) is 41.5 Å². The Balaban J connectivity index is 1.82. The van der Waals surface area contributed by atoms with Crippen molar-refractivity contribution >= 4 is 45.8 Å². The average Bonchev–Trinajstić information content (AvgIpc) is 3.05. The van der Waals surface area contributed by atoms with E-state index in [1.54, 1.807) is 12.1 Å². The number of para-hydroxylation sites is 1. The molecule has 0 aliphatic rings. The van der Waals surface area contributed by atoms with Crippen LogP contribution in [0.1, 0.15) is 16.7 Å². The van der Waals surface area contributed by atoms with Crippen LogP contribution in [0.2, 0.25) is 10.0 Å². The number of nitrogens with zero attached hydrogens (tertiary/aromatic N) is 2. The van der Waals surface area contributed by atoms with E-state index in [2.05, 4.69) is 29.0 Å². The molecule has 0 bridgehead atoms. The maximum Gasteiger partial charge on any atom is 0.0998 e. The lowest BCUT2D eigenvalue weighted by molar-refractivity contribution is 0.836. The Morgan fingerprint density at radius 3 is 2.54 bits per heavy atom. The Kier molecular flexibility index (Phi) is 5.21. The van der Waals surface area contributed by atoms with Crippen LogP contribution < -0.4 is 0 Å². The van der Waals surface area contributed by atoms with E-state index >= 15 is 0 Å². The lowest BCUT2D eigenvalue weighted by Gasteiger charge is -2.07. The maximum atomic E-state index is 9.70. The summed E-state index contributed by atoms with van der Waals surface area (Å²) < 4.78 is 2.16. The molecule has 0 saturated heterocycles. The summed E-state index contributed by atoms with van der Waals surface area (Å²) in [6.07, 6.45) is 3.98. The number of fused-ring (bicyclic) bond motifs is 1. The number of halogens is 2. The minimum Gasteiger partial charge on any atom is -0.342 e. The van der Waals surface area contributed by atoms with Gasteiger partial charge in [0.25, 0.3) is 0 Å². The van der Waals surface area contributed by atoms with Crippen molar-refractivity contribution in [2.45, 2.75) is 6.54 Å². The molecule has 0 unspecified atom stereocenters. The molecule has 0 N–H and O–H groups in total. The molecule has 0 radical (unpaired) electrons. The molecule has 0 aliphatic carbocycles. The van der Waals surface area contributed by atoms with Gasteiger partial charge in [0.1, 0.15) is 0 Å². The molecule has 2 nitrogen and oxygen atoms in total. The second kappa shape index (κ2) is 7.94. The summed E-state index contributed by atoms with van der Waals surface area (Å²) >= 11 is 12.5. The standard InChI is InChI=1S/C24H16Cl2N2/c25-21-8-5-7-17(13-21)19(14-27)12-20-16-28(24-11-4-2-9-22(20)24)15-18-6-1-3-10-23(18)26/h1-13,16H,15H2/b19-12+. The van der Waals surface area contributed by atoms with Crippen molar-refractivity contribution in [1.29, 1.82) is 5.26 Å². The van der Waals surface area contributed by atoms with Crippen molar-refractivity contribution in [3.63, 3.8) is 0 Å². The molecule has 3 aromatic carbocycles. The quantitative estimate of drug-likeness (QED) is 0.335. The van der Waals surface area contributed by atoms with Crippen molar-refractivity contribution < 1.29 is 0 Å². The third kappa shape index (κ3) is 3.68. The third-order valence-corrected chi connectivity index (χ3v) is 5.28. The Bertz CT molecular complexity index is 1230. The minimum atomic E-state index is 0.572. The lowest BCUT2D eigenvalue weighted by atomic mass is 10.0. The summed E-state index contributed by atoms with van der Waals surface area (Å²) in [6, 6.07) is 25.7. The first-order valence-corrected chi connectivity index (χ1v) is 9.60. The molecule has 4 aromatic rings. The van der Waals surface area contributed by atoms with E-state index in [0.29, 0.717) is 17.1 Å². The highest BCUT2D eigenvalue weighted by Crippen LogP contribution is 2.28. The zero-order chi connectivity index (χ0) is 19.5. The van der Waals surface area contributed by atoms with Gasteiger partial charge in [0.15, 0.2) is 0 Å². The Labute approximate surface area is 173 Å². The Hall–Kier alpha value is -2.99. The van der Waals surface area contributed by atoms with Gasteiger partial charge in [0.05, 0.1) is 11.6 Å². The van der Waals surface area contributed by atoms with E-state index in [1.807, 2.05) is 54.6 Å². The van der Waals surface area contributed by atoms with E-state index in [1.165, 1.54) is 0 Å². The van der Waals surface area contributed by atoms with Crippen LogP contribution >= 0.6 is 23.2 Å². The minimum absolute atomic E-state index is 0.572. The zero-order valence-corrected chi connectivity index (χ0v) is 16.5. The summed E-state index contributed by atoms with van der Waals surface area (Å²) in [7, 11) is 0. The number of aromatic nitrogens is 1. The highest BCUT2D eigenvalue weighted by molar-refractivity contribution is 6.31. The molecule has 4 rings (SSSR count). The fraction of sp³-hybridized carbons (Fsp3) is 0.0417. The highest BCUT2D eigenvalue weighted by Gasteiger charge is 2.10. The third-order valence-electron chi connectivity index (χ3n) is 4.67. The number of hydrogen-bond donors (Lipinski definition) is 0. The lowest BCUT2D eigenvalue weighted by Crippen LogP contribution is -1.98. The van der Waals surface area contributed by atoms with E-state index < -0.39 is 0 Å². The summed E-state index contributed by atoms with van der Waals surface area (Å²) in [5, 5.41) is 12.1. The van der Waals surface area contributed by atoms with E-state index in [-0.39, 0.29) is 0 Å². The first kappa shape index (κ1) is 18.4. The molecule has 136 valence electrons. The number of nitriles is 1. The fourth-order valence-electron chi connectivity index (χ4n) is 3.32. The number of hydrogen-bond acceptors (Lipinski definition) is 1. The van der Waals surface area contributed by atoms with Gasteiger partial charge < -0.3 is 4.57 Å². The first-order chi connectivity index (χ1) is 13.7. The second-order valence-corrected chi connectivity index (χ2v) is 7.34. The van der Waals surface area contributed by atoms with Crippen LogP contribution in [-0.2, 0) is 6.54 Å². The monoisotopic (exact) mass is 402 g/mol. The Morgan fingerprint density at radius 2 is 1.75 bits per heavy atom. The van der Waals surface area contributed by atoms with Gasteiger partial charge in [0.2, 0.25) is 0 Å². The van der Waals surface area contributed by atoms with E-state index in [4.69, 9.17) is 23.2 Å². The first-order valence-electron chi connectivity index (χ1n) is 8.85. The molecule has 0 fully saturated rings. The predicted octanol–water partition coefficient (Wildman–Crippen LogP) is 7.06. The van der Waals surface area contributed by atoms with Gasteiger partial charge >= 0.3 is 0 Å². The van der Waals surface area contributed by atoms with Crippen molar-refractivity contribution in [3.8, 4) is 6.07 Å². The van der Waals surface area contributed by atoms with Crippen LogP contribution in [-0.4, -0.2) is 4.57 Å². The molecule has 0 aliphatic heterocycles. The molecular weight excluding hydrogens is 387 g/mol. The maximum absolute atomic E-state index is 9.70. The van der Waals surface area contributed by atoms with E-state index in [9.17, 15) is 5.26 Å². The van der Waals surface area contributed by atoms with Crippen molar-refractivity contribution in [1.82, 2.24) is 4.57 Å². The summed E-state index contributed by atoms with van der Waals surface area (Å²) in [5.74, 6) is 0. The van der Waals surface area contributed by atoms with Crippen LogP contribution in [0.25, 0.3) is 22.6 Å². The number of rotatable bonds is 4. The van der Waals surface area contributed by atoms with Gasteiger partial charge in [-0.3, -0.25) is 0 Å². The molecule has 1 aromatic heterocycles. The van der Waals surface area contributed by atoms with Crippen molar-refractivity contribution in [2.24, 2.45) is 0 Å². The van der Waals surface area contributed by atoms with E-state index in [0.717, 1.165) is 32.6 Å². The number of allylic oxidation sites excluding steroid dienone is 1. The van der Waals surface area contributed by atoms with Crippen LogP contribution in [0.5, 0.6) is 0 Å². The second-order valence-electron chi connectivity index (χ2n) is 6.50. The van der Waals surface area contributed by atoms with Crippen LogP contribution in [0.15, 0.2) is 79.0 Å². The van der Waals surface area contributed by atoms with Crippen LogP contribution in [0.3, 0.4) is 0 Å². The van der Waals surface area contributed by atoms with Gasteiger partial charge in [-0.25, -0.2) is 0 Å². The molecule has 1 heterocycles. The fourth-order valence-corrected chi connectivity index (χ4v) is 3.71. The summed E-state index contributed by atoms with van der Waals surface area (Å²) in [4.78, 5) is 0. The summed E-state index contributed by atoms with van der Waals surface area (Å²) in [5.41, 5.74) is 4.51.